The van der Waals surface area contributed by atoms with Crippen LogP contribution in [0.5, 0.6) is 0 Å². The molecule has 2 nitrogen and oxygen atoms in total. The molecule has 1 N–H and O–H groups in total. The third-order valence-corrected chi connectivity index (χ3v) is 0.365. The van der Waals surface area contributed by atoms with Gasteiger partial charge in [0.05, 0.1) is 0 Å². The molecule has 0 atom stereocenters. The number of carboxylic acids is 1. The lowest BCUT2D eigenvalue weighted by Gasteiger charge is -1.79. The summed E-state index contributed by atoms with van der Waals surface area (Å²) < 4.78 is 19.5. The molecular weight excluding hydrogens is 146 g/mol. The zero-order chi connectivity index (χ0) is 7.86. The highest BCUT2D eigenvalue weighted by Crippen LogP contribution is 1.81. The van der Waals surface area contributed by atoms with E-state index in [1.54, 1.807) is 0 Å². The van der Waals surface area contributed by atoms with Gasteiger partial charge in [-0.25, -0.2) is 4.79 Å². The van der Waals surface area contributed by atoms with Crippen molar-refractivity contribution in [3.63, 3.8) is 0 Å². The lowest BCUT2D eigenvalue weighted by molar-refractivity contribution is -0.132. The minimum Gasteiger partial charge on any atom is -0.478 e. The third-order valence-electron chi connectivity index (χ3n) is 0.365. The van der Waals surface area contributed by atoms with E-state index in [9.17, 15) is 13.0 Å². The molecule has 0 aliphatic carbocycles. The minimum atomic E-state index is -2.58. The molecule has 0 spiro atoms. The van der Waals surface area contributed by atoms with E-state index in [0.717, 1.165) is 0 Å². The van der Waals surface area contributed by atoms with Gasteiger partial charge in [0.15, 0.2) is 0 Å². The number of hydrogen-bond donors (Lipinski definition) is 1. The molecule has 5 heteroatoms. The van der Waals surface area contributed by atoms with E-state index in [-0.39, 0.29) is 5.57 Å². The van der Waals surface area contributed by atoms with Crippen LogP contribution in [0.25, 0.3) is 0 Å². The van der Waals surface area contributed by atoms with Crippen LogP contribution in [-0.2, 0) is 4.79 Å². The summed E-state index contributed by atoms with van der Waals surface area (Å²) in [7, 11) is -2.58. The van der Waals surface area contributed by atoms with Gasteiger partial charge in [0, 0.05) is 5.57 Å². The number of rotatable bonds is 1. The van der Waals surface area contributed by atoms with E-state index in [4.69, 9.17) is 5.11 Å². The van der Waals surface area contributed by atoms with Gasteiger partial charge in [-0.15, -0.1) is 0 Å². The Hall–Kier alpha value is -0.713. The second-order valence-electron chi connectivity index (χ2n) is 1.19. The Morgan fingerprint density at radius 2 is 1.78 bits per heavy atom. The summed E-state index contributed by atoms with van der Waals surface area (Å²) in [4.78, 5) is 9.60. The van der Waals surface area contributed by atoms with Crippen molar-refractivity contribution in [3.05, 3.63) is 12.2 Å². The van der Waals surface area contributed by atoms with Gasteiger partial charge in [-0.1, -0.05) is 6.58 Å². The smallest absolute Gasteiger partial charge is 0.397 e. The van der Waals surface area contributed by atoms with Crippen LogP contribution in [-0.4, -0.2) is 21.3 Å². The molecule has 0 heterocycles. The van der Waals surface area contributed by atoms with Crippen LogP contribution in [0.4, 0.5) is 8.22 Å². The van der Waals surface area contributed by atoms with Crippen LogP contribution in [0.3, 0.4) is 0 Å². The highest BCUT2D eigenvalue weighted by Gasteiger charge is 1.90. The van der Waals surface area contributed by atoms with Crippen LogP contribution in [0, 0.1) is 0 Å². The maximum atomic E-state index is 9.76. The number of carbonyl (C=O) groups is 1. The van der Waals surface area contributed by atoms with Gasteiger partial charge in [0.25, 0.3) is 0 Å². The fraction of sp³-hybridized carbons (Fsp3) is 0.250. The Balaban J connectivity index is 0. The van der Waals surface area contributed by atoms with Crippen molar-refractivity contribution in [1.29, 1.82) is 0 Å². The van der Waals surface area contributed by atoms with Crippen molar-refractivity contribution >= 4 is 16.2 Å². The van der Waals surface area contributed by atoms with Gasteiger partial charge in [-0.2, -0.15) is 0 Å². The van der Waals surface area contributed by atoms with Gasteiger partial charge < -0.3 is 5.11 Å². The van der Waals surface area contributed by atoms with Crippen LogP contribution in [0.15, 0.2) is 12.2 Å². The topological polar surface area (TPSA) is 37.3 Å². The fourth-order valence-electron chi connectivity index (χ4n) is 0. The minimum absolute atomic E-state index is 0.176. The molecule has 0 bridgehead atoms. The van der Waals surface area contributed by atoms with Gasteiger partial charge in [0.2, 0.25) is 0 Å². The molecule has 0 aromatic heterocycles. The standard InChI is InChI=1S/C4H6O2.F2H2Si/c1-3(2)4(5)6;1-3-2/h1H2,2H3,(H,5,6);3H2. The van der Waals surface area contributed by atoms with Crippen molar-refractivity contribution in [2.75, 3.05) is 0 Å². The zero-order valence-electron chi connectivity index (χ0n) is 5.03. The first-order chi connectivity index (χ1) is 4.06. The fourth-order valence-corrected chi connectivity index (χ4v) is 0. The number of hydrogen-bond acceptors (Lipinski definition) is 1. The molecule has 0 radical (unpaired) electrons. The first-order valence-corrected chi connectivity index (χ1v) is 3.13. The monoisotopic (exact) mass is 154 g/mol. The summed E-state index contributed by atoms with van der Waals surface area (Å²) in [6.45, 7) is 4.60. The van der Waals surface area contributed by atoms with Gasteiger partial charge in [0.1, 0.15) is 0 Å². The molecule has 9 heavy (non-hydrogen) atoms. The molecule has 0 rings (SSSR count). The average molecular weight is 154 g/mol. The second-order valence-corrected chi connectivity index (χ2v) is 1.39. The van der Waals surface area contributed by atoms with Crippen LogP contribution in [0.1, 0.15) is 6.92 Å². The largest absolute Gasteiger partial charge is 0.478 e. The summed E-state index contributed by atoms with van der Waals surface area (Å²) in [6.07, 6.45) is 0. The SMILES string of the molecule is C=C(C)C(=O)O.F[SiH2]F. The van der Waals surface area contributed by atoms with Crippen molar-refractivity contribution in [1.82, 2.24) is 0 Å². The van der Waals surface area contributed by atoms with Gasteiger partial charge in [-0.05, 0) is 6.92 Å². The lowest BCUT2D eigenvalue weighted by Crippen LogP contribution is -1.92. The molecule has 0 aliphatic heterocycles. The Bertz CT molecular complexity index is 92.7. The molecule has 54 valence electrons. The Kier molecular flexibility index (Phi) is 9.01. The van der Waals surface area contributed by atoms with Crippen molar-refractivity contribution in [2.24, 2.45) is 0 Å². The second kappa shape index (κ2) is 7.29. The molecule has 0 saturated carbocycles. The van der Waals surface area contributed by atoms with Gasteiger partial charge >= 0.3 is 16.2 Å². The Labute approximate surface area is 54.4 Å². The summed E-state index contributed by atoms with van der Waals surface area (Å²) in [5.74, 6) is -0.935. The highest BCUT2D eigenvalue weighted by molar-refractivity contribution is 6.15. The zero-order valence-corrected chi connectivity index (χ0v) is 6.44. The molecular formula is C4H8F2O2Si. The highest BCUT2D eigenvalue weighted by atomic mass is 28.3. The Morgan fingerprint density at radius 3 is 1.78 bits per heavy atom. The van der Waals surface area contributed by atoms with E-state index < -0.39 is 16.2 Å². The molecule has 0 aromatic rings. The predicted molar refractivity (Wildman–Crippen MR) is 33.2 cm³/mol. The van der Waals surface area contributed by atoms with E-state index in [2.05, 4.69) is 6.58 Å². The lowest BCUT2D eigenvalue weighted by atomic mass is 10.4. The van der Waals surface area contributed by atoms with E-state index in [1.165, 1.54) is 6.92 Å². The van der Waals surface area contributed by atoms with E-state index in [1.807, 2.05) is 0 Å². The van der Waals surface area contributed by atoms with E-state index >= 15 is 0 Å². The van der Waals surface area contributed by atoms with Gasteiger partial charge in [-0.3, -0.25) is 8.22 Å². The van der Waals surface area contributed by atoms with Crippen molar-refractivity contribution in [3.8, 4) is 0 Å². The first-order valence-electron chi connectivity index (χ1n) is 2.07. The molecule has 0 aromatic carbocycles. The summed E-state index contributed by atoms with van der Waals surface area (Å²) in [5.41, 5.74) is 0.176. The Morgan fingerprint density at radius 1 is 1.67 bits per heavy atom. The van der Waals surface area contributed by atoms with Crippen molar-refractivity contribution < 1.29 is 18.1 Å². The normalized spacial score (nSPS) is 7.00. The molecule has 0 fully saturated rings. The van der Waals surface area contributed by atoms with Crippen molar-refractivity contribution in [2.45, 2.75) is 6.92 Å². The summed E-state index contributed by atoms with van der Waals surface area (Å²) in [5, 5.41) is 7.89. The van der Waals surface area contributed by atoms with Crippen LogP contribution < -0.4 is 0 Å². The molecule has 0 saturated heterocycles. The maximum Gasteiger partial charge on any atom is 0.397 e. The average Bonchev–Trinajstić information content (AvgIpc) is 1.68. The maximum absolute atomic E-state index is 9.76. The van der Waals surface area contributed by atoms with Crippen LogP contribution in [0.2, 0.25) is 0 Å². The molecule has 0 unspecified atom stereocenters. The number of carboxylic acid groups (broad SMARTS) is 1. The third kappa shape index (κ3) is 18.9. The summed E-state index contributed by atoms with van der Waals surface area (Å²) in [6, 6.07) is 0. The molecule has 0 amide bonds. The number of aliphatic carboxylic acids is 1. The first kappa shape index (κ1) is 11.1. The molecule has 0 aliphatic rings. The predicted octanol–water partition coefficient (Wildman–Crippen LogP) is 0.571. The number of halogens is 2. The van der Waals surface area contributed by atoms with Crippen LogP contribution >= 0.6 is 0 Å². The van der Waals surface area contributed by atoms with E-state index in [0.29, 0.717) is 0 Å². The summed E-state index contributed by atoms with van der Waals surface area (Å²) >= 11 is 0. The quantitative estimate of drug-likeness (QED) is 0.340.